The molecule has 50 heavy (non-hydrogen) atoms. The van der Waals surface area contributed by atoms with Gasteiger partial charge in [-0.3, -0.25) is 4.79 Å². The van der Waals surface area contributed by atoms with Gasteiger partial charge in [0.15, 0.2) is 11.6 Å². The van der Waals surface area contributed by atoms with E-state index in [-0.39, 0.29) is 17.7 Å². The number of rotatable bonds is 12. The lowest BCUT2D eigenvalue weighted by molar-refractivity contribution is -0.253. The minimum atomic E-state index is -5.24. The summed E-state index contributed by atoms with van der Waals surface area (Å²) in [7, 11) is 0. The molecule has 4 nitrogen and oxygen atoms in total. The lowest BCUT2D eigenvalue weighted by Crippen LogP contribution is -2.49. The molecule has 5 rings (SSSR count). The van der Waals surface area contributed by atoms with Gasteiger partial charge in [0, 0.05) is 30.0 Å². The average Bonchev–Trinajstić information content (AvgIpc) is 3.65. The largest absolute Gasteiger partial charge is 0.490 e. The Labute approximate surface area is 275 Å². The van der Waals surface area contributed by atoms with E-state index in [0.717, 1.165) is 24.3 Å². The van der Waals surface area contributed by atoms with E-state index in [9.17, 15) is 53.1 Å². The highest BCUT2D eigenvalue weighted by Crippen LogP contribution is 2.49. The molecule has 0 spiro atoms. The van der Waals surface area contributed by atoms with Crippen LogP contribution in [0.5, 0.6) is 11.5 Å². The minimum Gasteiger partial charge on any atom is -0.490 e. The summed E-state index contributed by atoms with van der Waals surface area (Å²) in [5.74, 6) is -11.7. The Morgan fingerprint density at radius 1 is 0.820 bits per heavy atom. The monoisotopic (exact) mass is 721 g/mol. The van der Waals surface area contributed by atoms with Gasteiger partial charge >= 0.3 is 18.7 Å². The quantitative estimate of drug-likeness (QED) is 0.149. The Kier molecular flexibility index (Phi) is 9.78. The van der Waals surface area contributed by atoms with Crippen molar-refractivity contribution in [2.24, 2.45) is 5.92 Å². The summed E-state index contributed by atoms with van der Waals surface area (Å²) in [6, 6.07) is 13.2. The fraction of sp³-hybridized carbons (Fsp3) is 0.265. The Balaban J connectivity index is 1.69. The van der Waals surface area contributed by atoms with E-state index < -0.39 is 107 Å². The molecule has 0 aliphatic heterocycles. The van der Waals surface area contributed by atoms with Crippen LogP contribution in [0.4, 0.5) is 52.7 Å². The molecular formula is C34H23F12NO3. The van der Waals surface area contributed by atoms with Crippen LogP contribution in [0.3, 0.4) is 0 Å². The molecule has 1 saturated carbocycles. The molecule has 0 aromatic heterocycles. The molecule has 4 aromatic carbocycles. The van der Waals surface area contributed by atoms with Gasteiger partial charge in [-0.25, -0.2) is 22.0 Å². The zero-order chi connectivity index (χ0) is 36.6. The number of hydrogen-bond acceptors (Lipinski definition) is 3. The van der Waals surface area contributed by atoms with E-state index in [2.05, 4.69) is 10.1 Å². The lowest BCUT2D eigenvalue weighted by Gasteiger charge is -2.37. The van der Waals surface area contributed by atoms with Crippen LogP contribution in [0.2, 0.25) is 0 Å². The molecule has 1 fully saturated rings. The van der Waals surface area contributed by atoms with Crippen LogP contribution in [-0.2, 0) is 18.1 Å². The molecule has 1 aliphatic carbocycles. The van der Waals surface area contributed by atoms with E-state index in [1.807, 2.05) is 0 Å². The Morgan fingerprint density at radius 2 is 1.48 bits per heavy atom. The number of benzene rings is 4. The Bertz CT molecular complexity index is 1870. The van der Waals surface area contributed by atoms with Gasteiger partial charge in [0.2, 0.25) is 0 Å². The number of carbonyl (C=O) groups is 1. The van der Waals surface area contributed by atoms with Gasteiger partial charge in [-0.1, -0.05) is 36.4 Å². The van der Waals surface area contributed by atoms with Crippen LogP contribution in [0, 0.1) is 23.4 Å². The van der Waals surface area contributed by atoms with Crippen molar-refractivity contribution in [2.45, 2.75) is 43.0 Å². The van der Waals surface area contributed by atoms with Gasteiger partial charge in [0.25, 0.3) is 11.8 Å². The zero-order valence-corrected chi connectivity index (χ0v) is 25.1. The summed E-state index contributed by atoms with van der Waals surface area (Å²) in [6.45, 7) is -0.653. The minimum absolute atomic E-state index is 0.187. The van der Waals surface area contributed by atoms with Crippen LogP contribution in [0.15, 0.2) is 84.9 Å². The molecular weight excluding hydrogens is 698 g/mol. The molecule has 0 heterocycles. The number of halogens is 12. The van der Waals surface area contributed by atoms with Crippen molar-refractivity contribution in [1.82, 2.24) is 5.32 Å². The molecule has 266 valence electrons. The first-order chi connectivity index (χ1) is 23.3. The van der Waals surface area contributed by atoms with E-state index in [0.29, 0.717) is 23.8 Å². The van der Waals surface area contributed by atoms with Crippen molar-refractivity contribution >= 4 is 5.91 Å². The van der Waals surface area contributed by atoms with E-state index in [1.54, 1.807) is 6.07 Å². The lowest BCUT2D eigenvalue weighted by atomic mass is 9.77. The van der Waals surface area contributed by atoms with Crippen LogP contribution in [0.1, 0.15) is 39.0 Å². The molecule has 1 aliphatic rings. The van der Waals surface area contributed by atoms with E-state index in [4.69, 9.17) is 4.74 Å². The van der Waals surface area contributed by atoms with Gasteiger partial charge in [0.05, 0.1) is 23.6 Å². The highest BCUT2D eigenvalue weighted by atomic mass is 19.4. The van der Waals surface area contributed by atoms with Crippen molar-refractivity contribution in [3.8, 4) is 11.5 Å². The smallest absolute Gasteiger partial charge is 0.461 e. The Morgan fingerprint density at radius 3 is 2.08 bits per heavy atom. The molecule has 0 radical (unpaired) electrons. The summed E-state index contributed by atoms with van der Waals surface area (Å²) >= 11 is 0. The third kappa shape index (κ3) is 7.78. The summed E-state index contributed by atoms with van der Waals surface area (Å²) in [5.41, 5.74) is -5.49. The summed E-state index contributed by atoms with van der Waals surface area (Å²) in [5, 5.41) is 2.41. The predicted molar refractivity (Wildman–Crippen MR) is 153 cm³/mol. The van der Waals surface area contributed by atoms with Gasteiger partial charge in [-0.15, -0.1) is 0 Å². The number of hydrogen-bond donors (Lipinski definition) is 1. The van der Waals surface area contributed by atoms with Gasteiger partial charge < -0.3 is 14.8 Å². The van der Waals surface area contributed by atoms with Gasteiger partial charge in [-0.05, 0) is 53.6 Å². The Hall–Kier alpha value is -4.89. The number of nitrogens with one attached hydrogen (secondary N) is 1. The van der Waals surface area contributed by atoms with Crippen LogP contribution < -0.4 is 14.8 Å². The maximum Gasteiger partial charge on any atom is 0.461 e. The number of amides is 1. The molecule has 2 unspecified atom stereocenters. The first-order valence-electron chi connectivity index (χ1n) is 14.5. The normalized spacial score (nSPS) is 16.9. The van der Waals surface area contributed by atoms with Crippen LogP contribution >= 0.6 is 0 Å². The second-order valence-corrected chi connectivity index (χ2v) is 11.4. The van der Waals surface area contributed by atoms with Crippen molar-refractivity contribution < 1.29 is 67.0 Å². The molecule has 1 N–H and O–H groups in total. The van der Waals surface area contributed by atoms with Crippen molar-refractivity contribution in [3.05, 3.63) is 130 Å². The van der Waals surface area contributed by atoms with Crippen LogP contribution in [-0.4, -0.2) is 31.0 Å². The summed E-state index contributed by atoms with van der Waals surface area (Å²) < 4.78 is 175. The highest BCUT2D eigenvalue weighted by molar-refractivity contribution is 5.95. The fourth-order valence-electron chi connectivity index (χ4n) is 5.22. The van der Waals surface area contributed by atoms with Crippen molar-refractivity contribution in [1.29, 1.82) is 0 Å². The molecule has 2 atom stereocenters. The molecule has 0 bridgehead atoms. The number of ether oxygens (including phenoxy) is 2. The van der Waals surface area contributed by atoms with Crippen molar-refractivity contribution in [2.75, 3.05) is 6.61 Å². The SMILES string of the molecule is O=C(NC(Cc1ccccc1)(c1ccc(F)c(OCC2CC2(F)F)c1)c1ccc(OC(F)(F)C(F)F)cc1F)c1ccc(F)c(C(F)(F)F)c1. The second kappa shape index (κ2) is 13.4. The van der Waals surface area contributed by atoms with Crippen molar-refractivity contribution in [3.63, 3.8) is 0 Å². The summed E-state index contributed by atoms with van der Waals surface area (Å²) in [6.07, 6.45) is -15.6. The zero-order valence-electron chi connectivity index (χ0n) is 25.1. The molecule has 1 amide bonds. The summed E-state index contributed by atoms with van der Waals surface area (Å²) in [4.78, 5) is 13.8. The number of carbonyl (C=O) groups excluding carboxylic acids is 1. The highest BCUT2D eigenvalue weighted by Gasteiger charge is 2.57. The fourth-order valence-corrected chi connectivity index (χ4v) is 5.22. The van der Waals surface area contributed by atoms with Gasteiger partial charge in [-0.2, -0.15) is 30.7 Å². The third-order valence-electron chi connectivity index (χ3n) is 7.90. The number of alkyl halides is 9. The average molecular weight is 722 g/mol. The molecule has 0 saturated heterocycles. The maximum atomic E-state index is 16.1. The maximum absolute atomic E-state index is 16.1. The standard InChI is InChI=1S/C34H23F12NO3/c35-25-10-6-19(12-24(25)33(42,43)44)29(48)47-31(15-18-4-2-1-3-5-18,23-9-8-22(14-27(23)37)50-34(45,46)30(38)39)20-7-11-26(36)28(13-20)49-17-21-16-32(21,40)41/h1-14,21,30H,15-17H2,(H,47,48). The van der Waals surface area contributed by atoms with Crippen LogP contribution in [0.25, 0.3) is 0 Å². The van der Waals surface area contributed by atoms with Gasteiger partial charge in [0.1, 0.15) is 17.4 Å². The first-order valence-corrected chi connectivity index (χ1v) is 14.5. The van der Waals surface area contributed by atoms with E-state index in [1.165, 1.54) is 24.3 Å². The third-order valence-corrected chi connectivity index (χ3v) is 7.90. The molecule has 4 aromatic rings. The van der Waals surface area contributed by atoms with E-state index >= 15 is 4.39 Å². The second-order valence-electron chi connectivity index (χ2n) is 11.4. The first kappa shape index (κ1) is 36.4. The molecule has 16 heteroatoms. The topological polar surface area (TPSA) is 47.6 Å². The predicted octanol–water partition coefficient (Wildman–Crippen LogP) is 9.31.